The Bertz CT molecular complexity index is 1990. The van der Waals surface area contributed by atoms with Gasteiger partial charge in [-0.2, -0.15) is 0 Å². The van der Waals surface area contributed by atoms with Gasteiger partial charge in [0, 0.05) is 6.42 Å². The number of nitrogens with one attached hydrogen (secondary N) is 1. The van der Waals surface area contributed by atoms with Crippen molar-refractivity contribution in [2.24, 2.45) is 0 Å². The van der Waals surface area contributed by atoms with Gasteiger partial charge in [-0.05, 0) is 19.3 Å². The van der Waals surface area contributed by atoms with E-state index in [-0.39, 0.29) is 18.9 Å². The summed E-state index contributed by atoms with van der Waals surface area (Å²) < 4.78 is 34.5. The van der Waals surface area contributed by atoms with E-state index in [1.807, 2.05) is 6.08 Å². The van der Waals surface area contributed by atoms with E-state index in [4.69, 9.17) is 28.4 Å². The van der Waals surface area contributed by atoms with Gasteiger partial charge in [0.15, 0.2) is 18.9 Å². The first-order chi connectivity index (χ1) is 52.8. The number of carbonyl (C=O) groups is 1. The van der Waals surface area contributed by atoms with Crippen molar-refractivity contribution in [3.8, 4) is 0 Å². The fourth-order valence-corrected chi connectivity index (χ4v) is 16.0. The highest BCUT2D eigenvalue weighted by Crippen LogP contribution is 2.34. The zero-order chi connectivity index (χ0) is 78.1. The molecule has 3 aliphatic heterocycles. The van der Waals surface area contributed by atoms with E-state index in [1.54, 1.807) is 6.08 Å². The van der Waals surface area contributed by atoms with Crippen molar-refractivity contribution in [1.29, 1.82) is 0 Å². The molecule has 17 atom stereocenters. The van der Waals surface area contributed by atoms with Gasteiger partial charge in [0.25, 0.3) is 0 Å². The van der Waals surface area contributed by atoms with E-state index in [0.717, 1.165) is 44.9 Å². The lowest BCUT2D eigenvalue weighted by molar-refractivity contribution is -0.379. The van der Waals surface area contributed by atoms with Crippen molar-refractivity contribution in [1.82, 2.24) is 5.32 Å². The predicted molar refractivity (Wildman–Crippen MR) is 434 cm³/mol. The van der Waals surface area contributed by atoms with Crippen molar-refractivity contribution in [3.05, 3.63) is 12.2 Å². The molecule has 0 aromatic rings. The molecule has 3 saturated heterocycles. The van der Waals surface area contributed by atoms with Crippen LogP contribution in [-0.4, -0.2) is 193 Å². The van der Waals surface area contributed by atoms with Crippen LogP contribution < -0.4 is 5.32 Å². The molecule has 3 rings (SSSR count). The van der Waals surface area contributed by atoms with Gasteiger partial charge in [0.2, 0.25) is 5.91 Å². The van der Waals surface area contributed by atoms with Crippen LogP contribution in [0.15, 0.2) is 12.2 Å². The molecule has 1 amide bonds. The highest BCUT2D eigenvalue weighted by atomic mass is 16.8. The first-order valence-electron chi connectivity index (χ1n) is 45.9. The standard InChI is InChI=1S/C89H171NO18/c1-3-5-7-9-11-13-15-17-19-21-23-25-27-29-30-31-32-33-34-35-36-37-38-39-40-41-43-45-47-49-51-53-55-57-59-61-63-65-67-77(95)90-72(73(94)66-64-62-60-58-56-54-52-50-48-46-44-42-28-26-24-22-20-18-16-14-12-10-8-6-4-2)71-103-87-83(101)80(98)85(75(69-92)105-87)108-89-84(102)81(99)86(76(70-93)106-89)107-88-82(100)79(97)78(96)74(68-91)104-88/h64,66,72-76,78-89,91-94,96-102H,3-63,65,67-71H2,1-2H3,(H,90,95)/b66-64+. The lowest BCUT2D eigenvalue weighted by atomic mass is 9.96. The maximum atomic E-state index is 13.5. The van der Waals surface area contributed by atoms with Crippen LogP contribution in [-0.2, 0) is 33.2 Å². The molecule has 19 nitrogen and oxygen atoms in total. The summed E-state index contributed by atoms with van der Waals surface area (Å²) in [5.41, 5.74) is 0. The minimum Gasteiger partial charge on any atom is -0.394 e. The monoisotopic (exact) mass is 1540 g/mol. The second kappa shape index (κ2) is 69.8. The molecular formula is C89H171NO18. The Morgan fingerprint density at radius 1 is 0.324 bits per heavy atom. The van der Waals surface area contributed by atoms with Crippen LogP contribution in [0.25, 0.3) is 0 Å². The molecule has 3 heterocycles. The summed E-state index contributed by atoms with van der Waals surface area (Å²) in [6.07, 6.45) is 59.5. The number of aliphatic hydroxyl groups is 11. The van der Waals surface area contributed by atoms with Gasteiger partial charge < -0.3 is 89.9 Å². The lowest BCUT2D eigenvalue weighted by Crippen LogP contribution is -2.66. The van der Waals surface area contributed by atoms with Crippen molar-refractivity contribution in [2.45, 2.75) is 523 Å². The normalized spacial score (nSPS) is 25.4. The molecule has 3 fully saturated rings. The lowest BCUT2D eigenvalue weighted by Gasteiger charge is -2.48. The molecule has 0 aromatic heterocycles. The van der Waals surface area contributed by atoms with Gasteiger partial charge in [0.1, 0.15) is 73.2 Å². The van der Waals surface area contributed by atoms with Crippen molar-refractivity contribution in [2.75, 3.05) is 26.4 Å². The average molecular weight is 1540 g/mol. The number of allylic oxidation sites excluding steroid dienone is 1. The molecule has 0 aliphatic carbocycles. The maximum absolute atomic E-state index is 13.5. The Kier molecular flexibility index (Phi) is 65.1. The topological polar surface area (TPSA) is 307 Å². The van der Waals surface area contributed by atoms with E-state index in [2.05, 4.69) is 19.2 Å². The Hall–Kier alpha value is -1.47. The second-order valence-corrected chi connectivity index (χ2v) is 33.1. The van der Waals surface area contributed by atoms with Crippen LogP contribution in [0.2, 0.25) is 0 Å². The summed E-state index contributed by atoms with van der Waals surface area (Å²) in [6.45, 7) is 1.82. The van der Waals surface area contributed by atoms with Crippen LogP contribution in [0.1, 0.15) is 418 Å². The third-order valence-corrected chi connectivity index (χ3v) is 23.3. The molecule has 0 bridgehead atoms. The number of aliphatic hydroxyl groups excluding tert-OH is 11. The van der Waals surface area contributed by atoms with Gasteiger partial charge in [0.05, 0.1) is 38.6 Å². The zero-order valence-electron chi connectivity index (χ0n) is 69.1. The van der Waals surface area contributed by atoms with Crippen LogP contribution in [0.4, 0.5) is 0 Å². The maximum Gasteiger partial charge on any atom is 0.220 e. The molecule has 108 heavy (non-hydrogen) atoms. The van der Waals surface area contributed by atoms with Crippen LogP contribution in [0.3, 0.4) is 0 Å². The minimum atomic E-state index is -1.98. The SMILES string of the molecule is CCCCCCCCCCCCCCCCCCCCCCCCC/C=C/C(O)C(COC1OC(CO)C(OC2OC(CO)C(OC3OC(CO)C(O)C(O)C3O)C(O)C2O)C(O)C1O)NC(=O)CCCCCCCCCCCCCCCCCCCCCCCCCCCCCCCCCCCCCCCC. The molecule has 19 heteroatoms. The Morgan fingerprint density at radius 3 is 0.870 bits per heavy atom. The Balaban J connectivity index is 1.30. The molecule has 0 spiro atoms. The van der Waals surface area contributed by atoms with E-state index < -0.39 is 124 Å². The number of hydrogen-bond donors (Lipinski definition) is 12. The second-order valence-electron chi connectivity index (χ2n) is 33.1. The fourth-order valence-electron chi connectivity index (χ4n) is 16.0. The molecule has 0 aromatic carbocycles. The number of carbonyl (C=O) groups excluding carboxylic acids is 1. The van der Waals surface area contributed by atoms with Crippen LogP contribution in [0.5, 0.6) is 0 Å². The number of amides is 1. The highest BCUT2D eigenvalue weighted by Gasteiger charge is 2.54. The number of ether oxygens (including phenoxy) is 6. The number of rotatable bonds is 76. The summed E-state index contributed by atoms with van der Waals surface area (Å²) in [6, 6.07) is -0.971. The summed E-state index contributed by atoms with van der Waals surface area (Å²) in [5.74, 6) is -0.264. The van der Waals surface area contributed by atoms with Gasteiger partial charge in [-0.25, -0.2) is 0 Å². The molecule has 17 unspecified atom stereocenters. The predicted octanol–water partition coefficient (Wildman–Crippen LogP) is 17.5. The van der Waals surface area contributed by atoms with Gasteiger partial charge in [-0.15, -0.1) is 0 Å². The fraction of sp³-hybridized carbons (Fsp3) is 0.966. The highest BCUT2D eigenvalue weighted by molar-refractivity contribution is 5.76. The van der Waals surface area contributed by atoms with E-state index in [9.17, 15) is 61.0 Å². The summed E-state index contributed by atoms with van der Waals surface area (Å²) in [4.78, 5) is 13.5. The Morgan fingerprint density at radius 2 is 0.574 bits per heavy atom. The van der Waals surface area contributed by atoms with Gasteiger partial charge >= 0.3 is 0 Å². The van der Waals surface area contributed by atoms with Gasteiger partial charge in [-0.1, -0.05) is 405 Å². The first-order valence-corrected chi connectivity index (χ1v) is 45.9. The molecule has 0 saturated carbocycles. The summed E-state index contributed by atoms with van der Waals surface area (Å²) >= 11 is 0. The summed E-state index contributed by atoms with van der Waals surface area (Å²) in [7, 11) is 0. The molecule has 12 N–H and O–H groups in total. The van der Waals surface area contributed by atoms with Crippen molar-refractivity contribution in [3.63, 3.8) is 0 Å². The minimum absolute atomic E-state index is 0.251. The van der Waals surface area contributed by atoms with Crippen molar-refractivity contribution < 1.29 is 89.4 Å². The quantitative estimate of drug-likeness (QED) is 0.0199. The number of unbranched alkanes of at least 4 members (excludes halogenated alkanes) is 60. The zero-order valence-corrected chi connectivity index (χ0v) is 69.1. The van der Waals surface area contributed by atoms with Crippen LogP contribution >= 0.6 is 0 Å². The molecule has 640 valence electrons. The third kappa shape index (κ3) is 48.2. The van der Waals surface area contributed by atoms with Gasteiger partial charge in [-0.3, -0.25) is 4.79 Å². The van der Waals surface area contributed by atoms with Crippen LogP contribution in [0, 0.1) is 0 Å². The smallest absolute Gasteiger partial charge is 0.220 e. The molecular weight excluding hydrogens is 1370 g/mol. The van der Waals surface area contributed by atoms with E-state index in [1.165, 1.54) is 347 Å². The van der Waals surface area contributed by atoms with E-state index >= 15 is 0 Å². The number of hydrogen-bond acceptors (Lipinski definition) is 18. The van der Waals surface area contributed by atoms with E-state index in [0.29, 0.717) is 6.42 Å². The molecule has 3 aliphatic rings. The Labute approximate surface area is 658 Å². The third-order valence-electron chi connectivity index (χ3n) is 23.3. The largest absolute Gasteiger partial charge is 0.394 e. The first kappa shape index (κ1) is 101. The summed E-state index contributed by atoms with van der Waals surface area (Å²) in [5, 5.41) is 121. The molecule has 0 radical (unpaired) electrons. The average Bonchev–Trinajstić information content (AvgIpc) is 0.780. The van der Waals surface area contributed by atoms with Crippen molar-refractivity contribution >= 4 is 5.91 Å².